The minimum Gasteiger partial charge on any atom is -0.489 e. The Morgan fingerprint density at radius 1 is 1.06 bits per heavy atom. The van der Waals surface area contributed by atoms with Gasteiger partial charge in [0.15, 0.2) is 5.17 Å². The van der Waals surface area contributed by atoms with Crippen LogP contribution in [-0.4, -0.2) is 33.6 Å². The summed E-state index contributed by atoms with van der Waals surface area (Å²) in [6.45, 7) is 2.80. The van der Waals surface area contributed by atoms with Gasteiger partial charge in [0.05, 0.1) is 16.2 Å². The van der Waals surface area contributed by atoms with Crippen molar-refractivity contribution in [3.8, 4) is 5.75 Å². The maximum absolute atomic E-state index is 12.9. The van der Waals surface area contributed by atoms with Gasteiger partial charge in [-0.2, -0.15) is 0 Å². The first-order valence-electron chi connectivity index (χ1n) is 10.5. The van der Waals surface area contributed by atoms with E-state index in [0.717, 1.165) is 16.9 Å². The van der Waals surface area contributed by atoms with E-state index in [9.17, 15) is 9.59 Å². The van der Waals surface area contributed by atoms with Gasteiger partial charge in [-0.25, -0.2) is 9.79 Å². The van der Waals surface area contributed by atoms with Crippen molar-refractivity contribution < 1.29 is 19.4 Å². The topological polar surface area (TPSA) is 79.2 Å². The zero-order chi connectivity index (χ0) is 24.1. The van der Waals surface area contributed by atoms with Crippen molar-refractivity contribution in [2.75, 3.05) is 6.54 Å². The molecule has 1 amide bonds. The molecule has 1 fully saturated rings. The molecule has 8 heteroatoms. The molecule has 1 aliphatic heterocycles. The summed E-state index contributed by atoms with van der Waals surface area (Å²) < 4.78 is 5.82. The van der Waals surface area contributed by atoms with E-state index in [4.69, 9.17) is 21.4 Å². The number of halogens is 1. The van der Waals surface area contributed by atoms with E-state index >= 15 is 0 Å². The monoisotopic (exact) mass is 492 g/mol. The molecular weight excluding hydrogens is 472 g/mol. The van der Waals surface area contributed by atoms with Gasteiger partial charge < -0.3 is 9.84 Å². The van der Waals surface area contributed by atoms with Crippen molar-refractivity contribution in [2.24, 2.45) is 4.99 Å². The second-order valence-corrected chi connectivity index (χ2v) is 8.84. The summed E-state index contributed by atoms with van der Waals surface area (Å²) in [5.74, 6) is -0.382. The highest BCUT2D eigenvalue weighted by Gasteiger charge is 2.32. The first-order chi connectivity index (χ1) is 16.4. The number of aliphatic imine (C=N–C) groups is 1. The number of nitrogens with zero attached hydrogens (tertiary/aromatic N) is 2. The highest BCUT2D eigenvalue weighted by atomic mass is 35.5. The van der Waals surface area contributed by atoms with E-state index in [-0.39, 0.29) is 11.5 Å². The molecule has 172 valence electrons. The molecule has 1 heterocycles. The van der Waals surface area contributed by atoms with Crippen molar-refractivity contribution in [2.45, 2.75) is 13.5 Å². The lowest BCUT2D eigenvalue weighted by molar-refractivity contribution is -0.122. The minimum absolute atomic E-state index is 0.114. The first-order valence-corrected chi connectivity index (χ1v) is 11.7. The van der Waals surface area contributed by atoms with Crippen LogP contribution in [0.15, 0.2) is 82.7 Å². The lowest BCUT2D eigenvalue weighted by Gasteiger charge is -2.12. The fourth-order valence-corrected chi connectivity index (χ4v) is 4.41. The number of carbonyl (C=O) groups excluding carboxylic acids is 1. The molecule has 0 atom stereocenters. The number of hydrogen-bond acceptors (Lipinski definition) is 5. The number of ether oxygens (including phenoxy) is 1. The van der Waals surface area contributed by atoms with E-state index in [1.54, 1.807) is 17.0 Å². The van der Waals surface area contributed by atoms with Crippen LogP contribution >= 0.6 is 23.4 Å². The summed E-state index contributed by atoms with van der Waals surface area (Å²) in [6, 6.07) is 21.3. The molecule has 0 bridgehead atoms. The number of benzene rings is 3. The molecule has 0 aromatic heterocycles. The molecule has 1 aliphatic rings. The van der Waals surface area contributed by atoms with Gasteiger partial charge >= 0.3 is 5.97 Å². The van der Waals surface area contributed by atoms with E-state index in [1.165, 1.54) is 23.9 Å². The van der Waals surface area contributed by atoms with Crippen LogP contribution in [-0.2, 0) is 11.4 Å². The van der Waals surface area contributed by atoms with Crippen molar-refractivity contribution in [3.63, 3.8) is 0 Å². The molecular formula is C26H21ClN2O4S. The fraction of sp³-hybridized carbons (Fsp3) is 0.115. The summed E-state index contributed by atoms with van der Waals surface area (Å²) in [6.07, 6.45) is 1.83. The zero-order valence-electron chi connectivity index (χ0n) is 18.3. The summed E-state index contributed by atoms with van der Waals surface area (Å²) in [4.78, 5) is 30.6. The molecule has 0 aliphatic carbocycles. The van der Waals surface area contributed by atoms with Gasteiger partial charge in [0.25, 0.3) is 5.91 Å². The number of amides is 1. The number of hydrogen-bond donors (Lipinski definition) is 1. The van der Waals surface area contributed by atoms with E-state index < -0.39 is 5.97 Å². The number of carbonyl (C=O) groups is 2. The van der Waals surface area contributed by atoms with Gasteiger partial charge in [0.1, 0.15) is 12.4 Å². The van der Waals surface area contributed by atoms with Crippen LogP contribution in [0.4, 0.5) is 5.69 Å². The maximum atomic E-state index is 12.9. The zero-order valence-corrected chi connectivity index (χ0v) is 19.8. The van der Waals surface area contributed by atoms with Crippen LogP contribution in [0.5, 0.6) is 5.75 Å². The molecule has 3 aromatic rings. The van der Waals surface area contributed by atoms with Crippen molar-refractivity contribution >= 4 is 52.2 Å². The predicted molar refractivity (Wildman–Crippen MR) is 136 cm³/mol. The molecule has 4 rings (SSSR count). The standard InChI is InChI=1S/C26H21ClN2O4S/c1-2-29-24(30)23(34-26(29)28-21-11-7-19(8-12-21)25(31)32)15-17-5-13-22(14-6-17)33-16-18-3-9-20(27)10-4-18/h3-15H,2,16H2,1H3,(H,31,32)/b23-15-,28-26?. The van der Waals surface area contributed by atoms with Gasteiger partial charge in [-0.05, 0) is 84.4 Å². The normalized spacial score (nSPS) is 15.8. The van der Waals surface area contributed by atoms with Crippen molar-refractivity contribution in [3.05, 3.63) is 99.4 Å². The van der Waals surface area contributed by atoms with Gasteiger partial charge in [-0.1, -0.05) is 35.9 Å². The second kappa shape index (κ2) is 10.6. The third-order valence-electron chi connectivity index (χ3n) is 5.04. The number of likely N-dealkylation sites (N-methyl/N-ethyl adjacent to an activating group) is 1. The van der Waals surface area contributed by atoms with Crippen LogP contribution in [0.3, 0.4) is 0 Å². The van der Waals surface area contributed by atoms with Gasteiger partial charge in [-0.3, -0.25) is 9.69 Å². The number of amidine groups is 1. The summed E-state index contributed by atoms with van der Waals surface area (Å²) in [5.41, 5.74) is 2.67. The van der Waals surface area contributed by atoms with Gasteiger partial charge in [-0.15, -0.1) is 0 Å². The van der Waals surface area contributed by atoms with Crippen molar-refractivity contribution in [1.82, 2.24) is 4.90 Å². The molecule has 6 nitrogen and oxygen atoms in total. The average Bonchev–Trinajstić information content (AvgIpc) is 3.13. The first kappa shape index (κ1) is 23.6. The molecule has 0 radical (unpaired) electrons. The van der Waals surface area contributed by atoms with Crippen LogP contribution in [0.1, 0.15) is 28.4 Å². The summed E-state index contributed by atoms with van der Waals surface area (Å²) >= 11 is 7.20. The summed E-state index contributed by atoms with van der Waals surface area (Å²) in [7, 11) is 0. The van der Waals surface area contributed by atoms with E-state index in [0.29, 0.717) is 33.9 Å². The molecule has 3 aromatic carbocycles. The maximum Gasteiger partial charge on any atom is 0.335 e. The largest absolute Gasteiger partial charge is 0.489 e. The van der Waals surface area contributed by atoms with E-state index in [2.05, 4.69) is 4.99 Å². The van der Waals surface area contributed by atoms with Crippen LogP contribution in [0, 0.1) is 0 Å². The molecule has 34 heavy (non-hydrogen) atoms. The van der Waals surface area contributed by atoms with Crippen LogP contribution in [0.2, 0.25) is 5.02 Å². The van der Waals surface area contributed by atoms with Gasteiger partial charge in [0, 0.05) is 11.6 Å². The lowest BCUT2D eigenvalue weighted by Crippen LogP contribution is -2.28. The number of aromatic carboxylic acids is 1. The molecule has 1 N–H and O–H groups in total. The Morgan fingerprint density at radius 2 is 1.74 bits per heavy atom. The predicted octanol–water partition coefficient (Wildman–Crippen LogP) is 6.24. The number of carboxylic acids is 1. The van der Waals surface area contributed by atoms with Gasteiger partial charge in [0.2, 0.25) is 0 Å². The van der Waals surface area contributed by atoms with Crippen LogP contribution < -0.4 is 4.74 Å². The number of carboxylic acid groups (broad SMARTS) is 1. The second-order valence-electron chi connectivity index (χ2n) is 7.39. The van der Waals surface area contributed by atoms with Crippen LogP contribution in [0.25, 0.3) is 6.08 Å². The number of rotatable bonds is 7. The highest BCUT2D eigenvalue weighted by Crippen LogP contribution is 2.34. The molecule has 0 saturated carbocycles. The Kier molecular flexibility index (Phi) is 7.35. The lowest BCUT2D eigenvalue weighted by atomic mass is 10.2. The Labute approximate surface area is 206 Å². The Balaban J connectivity index is 1.46. The fourth-order valence-electron chi connectivity index (χ4n) is 3.22. The third kappa shape index (κ3) is 5.68. The Hall–Kier alpha value is -3.55. The summed E-state index contributed by atoms with van der Waals surface area (Å²) in [5, 5.41) is 10.3. The smallest absolute Gasteiger partial charge is 0.335 e. The highest BCUT2D eigenvalue weighted by molar-refractivity contribution is 8.18. The Morgan fingerprint density at radius 3 is 2.35 bits per heavy atom. The number of thioether (sulfide) groups is 1. The quantitative estimate of drug-likeness (QED) is 0.395. The molecule has 0 unspecified atom stereocenters. The molecule has 1 saturated heterocycles. The third-order valence-corrected chi connectivity index (χ3v) is 6.30. The van der Waals surface area contributed by atoms with Crippen molar-refractivity contribution in [1.29, 1.82) is 0 Å². The SMILES string of the molecule is CCN1C(=O)/C(=C/c2ccc(OCc3ccc(Cl)cc3)cc2)SC1=Nc1ccc(C(=O)O)cc1. The van der Waals surface area contributed by atoms with E-state index in [1.807, 2.05) is 61.5 Å². The Bertz CT molecular complexity index is 1250. The molecule has 0 spiro atoms. The minimum atomic E-state index is -0.994. The average molecular weight is 493 g/mol.